The lowest BCUT2D eigenvalue weighted by molar-refractivity contribution is -0.0797. The molecular formula is C24H30F2N3O5S-. The number of alkyl halides is 1. The second kappa shape index (κ2) is 10.3. The largest absolute Gasteiger partial charge is 0.760 e. The Morgan fingerprint density at radius 1 is 1.31 bits per heavy atom. The zero-order chi connectivity index (χ0) is 26.1. The Hall–Kier alpha value is -2.47. The number of ether oxygens (including phenoxy) is 2. The first-order chi connectivity index (χ1) is 16.2. The first kappa shape index (κ1) is 27.1. The lowest BCUT2D eigenvalue weighted by Crippen LogP contribution is -2.50. The monoisotopic (exact) mass is 510 g/mol. The Labute approximate surface area is 206 Å². The van der Waals surface area contributed by atoms with E-state index in [1.807, 2.05) is 0 Å². The third-order valence-electron chi connectivity index (χ3n) is 5.55. The van der Waals surface area contributed by atoms with Gasteiger partial charge in [-0.3, -0.25) is 14.1 Å². The van der Waals surface area contributed by atoms with Crippen molar-refractivity contribution in [1.29, 1.82) is 0 Å². The van der Waals surface area contributed by atoms with Crippen LogP contribution in [-0.4, -0.2) is 48.8 Å². The zero-order valence-electron chi connectivity index (χ0n) is 20.5. The van der Waals surface area contributed by atoms with Crippen molar-refractivity contribution in [3.63, 3.8) is 0 Å². The summed E-state index contributed by atoms with van der Waals surface area (Å²) >= 11 is -2.55. The molecule has 1 aliphatic heterocycles. The fourth-order valence-corrected chi connectivity index (χ4v) is 4.48. The molecule has 8 nitrogen and oxygen atoms in total. The average molecular weight is 511 g/mol. The number of amides is 1. The summed E-state index contributed by atoms with van der Waals surface area (Å²) in [6.07, 6.45) is 0.0625. The highest BCUT2D eigenvalue weighted by molar-refractivity contribution is 7.77. The maximum Gasteiger partial charge on any atom is 0.413 e. The topological polar surface area (TPSA) is 104 Å². The van der Waals surface area contributed by atoms with Crippen LogP contribution < -0.4 is 4.72 Å². The van der Waals surface area contributed by atoms with Crippen LogP contribution in [0, 0.1) is 5.82 Å². The molecular weight excluding hydrogens is 480 g/mol. The number of nitrogens with one attached hydrogen (secondary N) is 1. The van der Waals surface area contributed by atoms with Crippen LogP contribution in [0.3, 0.4) is 0 Å². The van der Waals surface area contributed by atoms with E-state index in [2.05, 4.69) is 9.71 Å². The molecule has 1 N–H and O–H groups in total. The van der Waals surface area contributed by atoms with Crippen molar-refractivity contribution in [2.45, 2.75) is 71.1 Å². The van der Waals surface area contributed by atoms with Gasteiger partial charge in [0.2, 0.25) is 0 Å². The summed E-state index contributed by atoms with van der Waals surface area (Å²) in [5, 5.41) is 0. The van der Waals surface area contributed by atoms with E-state index in [9.17, 15) is 22.3 Å². The van der Waals surface area contributed by atoms with E-state index in [4.69, 9.17) is 9.47 Å². The van der Waals surface area contributed by atoms with Crippen LogP contribution >= 0.6 is 0 Å². The number of carbonyl (C=O) groups is 1. The summed E-state index contributed by atoms with van der Waals surface area (Å²) in [5.74, 6) is -0.650. The molecule has 3 rings (SSSR count). The molecule has 2 unspecified atom stereocenters. The van der Waals surface area contributed by atoms with Gasteiger partial charge in [-0.15, -0.1) is 0 Å². The molecule has 2 aromatic rings. The minimum atomic E-state index is -2.55. The van der Waals surface area contributed by atoms with Gasteiger partial charge in [-0.1, -0.05) is 24.3 Å². The van der Waals surface area contributed by atoms with Crippen LogP contribution in [0.2, 0.25) is 0 Å². The van der Waals surface area contributed by atoms with Crippen molar-refractivity contribution in [2.75, 3.05) is 6.67 Å². The molecule has 1 aromatic carbocycles. The van der Waals surface area contributed by atoms with Crippen molar-refractivity contribution < 1.29 is 31.8 Å². The number of nitrogens with zero attached hydrogens (tertiary/aromatic N) is 2. The van der Waals surface area contributed by atoms with Gasteiger partial charge in [0.1, 0.15) is 29.9 Å². The van der Waals surface area contributed by atoms with Crippen LogP contribution in [0.15, 0.2) is 36.5 Å². The van der Waals surface area contributed by atoms with E-state index in [0.29, 0.717) is 16.7 Å². The van der Waals surface area contributed by atoms with Gasteiger partial charge < -0.3 is 14.0 Å². The Morgan fingerprint density at radius 2 is 1.94 bits per heavy atom. The summed E-state index contributed by atoms with van der Waals surface area (Å²) in [4.78, 5) is 18.2. The third kappa shape index (κ3) is 6.21. The summed E-state index contributed by atoms with van der Waals surface area (Å²) < 4.78 is 64.1. The molecule has 0 radical (unpaired) electrons. The number of hydrogen-bond donors (Lipinski definition) is 1. The van der Waals surface area contributed by atoms with Gasteiger partial charge in [-0.25, -0.2) is 18.3 Å². The minimum absolute atomic E-state index is 0.0239. The Kier molecular flexibility index (Phi) is 7.95. The van der Waals surface area contributed by atoms with E-state index in [1.54, 1.807) is 58.9 Å². The van der Waals surface area contributed by atoms with Gasteiger partial charge in [0, 0.05) is 23.0 Å². The fourth-order valence-electron chi connectivity index (χ4n) is 4.08. The molecule has 0 bridgehead atoms. The fraction of sp³-hybridized carbons (Fsp3) is 0.500. The quantitative estimate of drug-likeness (QED) is 0.565. The molecule has 1 amide bonds. The van der Waals surface area contributed by atoms with Crippen LogP contribution in [-0.2, 0) is 20.7 Å². The molecule has 4 atom stereocenters. The number of aromatic nitrogens is 1. The maximum absolute atomic E-state index is 14.6. The third-order valence-corrected chi connectivity index (χ3v) is 6.10. The summed E-state index contributed by atoms with van der Waals surface area (Å²) in [6, 6.07) is 6.47. The smallest absolute Gasteiger partial charge is 0.413 e. The molecule has 192 valence electrons. The van der Waals surface area contributed by atoms with Gasteiger partial charge in [0.15, 0.2) is 0 Å². The van der Waals surface area contributed by atoms with Crippen molar-refractivity contribution in [2.24, 2.45) is 0 Å². The number of carbonyl (C=O) groups excluding carboxylic acids is 1. The van der Waals surface area contributed by atoms with Crippen molar-refractivity contribution in [3.8, 4) is 11.1 Å². The summed E-state index contributed by atoms with van der Waals surface area (Å²) in [7, 11) is 0. The lowest BCUT2D eigenvalue weighted by Gasteiger charge is -2.34. The molecule has 1 fully saturated rings. The van der Waals surface area contributed by atoms with Crippen LogP contribution in [0.1, 0.15) is 64.9 Å². The maximum atomic E-state index is 14.6. The number of benzene rings is 1. The van der Waals surface area contributed by atoms with Crippen LogP contribution in [0.4, 0.5) is 13.6 Å². The minimum Gasteiger partial charge on any atom is -0.760 e. The molecule has 1 saturated heterocycles. The Balaban J connectivity index is 1.83. The molecule has 2 heterocycles. The van der Waals surface area contributed by atoms with Crippen molar-refractivity contribution >= 4 is 17.4 Å². The van der Waals surface area contributed by atoms with E-state index in [1.165, 1.54) is 24.1 Å². The molecule has 11 heteroatoms. The second-order valence-electron chi connectivity index (χ2n) is 9.84. The van der Waals surface area contributed by atoms with Gasteiger partial charge in [-0.05, 0) is 58.7 Å². The number of rotatable bonds is 6. The van der Waals surface area contributed by atoms with E-state index < -0.39 is 59.4 Å². The van der Waals surface area contributed by atoms with Gasteiger partial charge in [0.05, 0.1) is 17.8 Å². The second-order valence-corrected chi connectivity index (χ2v) is 10.5. The number of halogens is 2. The molecule has 1 aromatic heterocycles. The summed E-state index contributed by atoms with van der Waals surface area (Å²) in [6.45, 7) is 9.24. The van der Waals surface area contributed by atoms with E-state index in [-0.39, 0.29) is 5.69 Å². The van der Waals surface area contributed by atoms with E-state index in [0.717, 1.165) is 0 Å². The van der Waals surface area contributed by atoms with Gasteiger partial charge in [-0.2, -0.15) is 0 Å². The summed E-state index contributed by atoms with van der Waals surface area (Å²) in [5.41, 5.74) is -0.0762. The highest BCUT2D eigenvalue weighted by Crippen LogP contribution is 2.42. The zero-order valence-corrected chi connectivity index (χ0v) is 21.3. The highest BCUT2D eigenvalue weighted by Gasteiger charge is 2.51. The van der Waals surface area contributed by atoms with E-state index >= 15 is 0 Å². The Bertz CT molecular complexity index is 1090. The first-order valence-electron chi connectivity index (χ1n) is 11.1. The van der Waals surface area contributed by atoms with Gasteiger partial charge >= 0.3 is 6.09 Å². The van der Waals surface area contributed by atoms with Crippen molar-refractivity contribution in [1.82, 2.24) is 14.6 Å². The molecule has 0 aliphatic carbocycles. The predicted molar refractivity (Wildman–Crippen MR) is 126 cm³/mol. The molecule has 35 heavy (non-hydrogen) atoms. The number of pyridine rings is 1. The van der Waals surface area contributed by atoms with Crippen LogP contribution in [0.5, 0.6) is 0 Å². The normalized spacial score (nSPS) is 21.6. The van der Waals surface area contributed by atoms with Crippen LogP contribution in [0.25, 0.3) is 11.1 Å². The average Bonchev–Trinajstić information content (AvgIpc) is 3.02. The molecule has 0 saturated carbocycles. The standard InChI is InChI=1S/C24H31F2N3O5S/c1-14(28-35(31)32)20-18(26)11-17(13-27-20)15-7-9-16(10-8-15)21-19(12-25)29(24(5,6)33-21)22(30)34-23(2,3)4/h7-11,13-14,19,21,28H,12H2,1-6H3,(H,31,32)/p-1/t14?,19-,21-/m1/s1. The highest BCUT2D eigenvalue weighted by atomic mass is 32.2. The predicted octanol–water partition coefficient (Wildman–Crippen LogP) is 4.72. The SMILES string of the molecule is CC(NS(=O)[O-])c1ncc(-c2ccc([C@H]3OC(C)(C)N(C(=O)OC(C)(C)C)[C@@H]3CF)cc2)cc1F. The molecule has 1 aliphatic rings. The van der Waals surface area contributed by atoms with Gasteiger partial charge in [0.25, 0.3) is 0 Å². The number of hydrogen-bond acceptors (Lipinski definition) is 6. The van der Waals surface area contributed by atoms with Crippen molar-refractivity contribution in [3.05, 3.63) is 53.6 Å². The lowest BCUT2D eigenvalue weighted by atomic mass is 9.99. The Morgan fingerprint density at radius 3 is 2.46 bits per heavy atom. The molecule has 0 spiro atoms. The first-order valence-corrected chi connectivity index (χ1v) is 12.2.